The average Bonchev–Trinajstić information content (AvgIpc) is 2.86. The second-order valence-electron chi connectivity index (χ2n) is 6.15. The van der Waals surface area contributed by atoms with Crippen molar-refractivity contribution in [3.63, 3.8) is 0 Å². The van der Waals surface area contributed by atoms with E-state index in [0.717, 1.165) is 12.8 Å². The van der Waals surface area contributed by atoms with Crippen LogP contribution in [0.3, 0.4) is 0 Å². The van der Waals surface area contributed by atoms with Crippen molar-refractivity contribution in [3.05, 3.63) is 37.0 Å². The summed E-state index contributed by atoms with van der Waals surface area (Å²) >= 11 is 0. The lowest BCUT2D eigenvalue weighted by Gasteiger charge is -2.20. The van der Waals surface area contributed by atoms with Crippen LogP contribution in [0.2, 0.25) is 0 Å². The van der Waals surface area contributed by atoms with Gasteiger partial charge in [-0.25, -0.2) is 0 Å². The molecule has 1 aliphatic carbocycles. The van der Waals surface area contributed by atoms with Crippen molar-refractivity contribution in [2.45, 2.75) is 45.4 Å². The molecule has 4 unspecified atom stereocenters. The first kappa shape index (κ1) is 18.2. The van der Waals surface area contributed by atoms with Gasteiger partial charge in [0.25, 0.3) is 0 Å². The summed E-state index contributed by atoms with van der Waals surface area (Å²) in [7, 11) is 0. The highest BCUT2D eigenvalue weighted by molar-refractivity contribution is 5.10. The van der Waals surface area contributed by atoms with Crippen LogP contribution in [0.25, 0.3) is 0 Å². The summed E-state index contributed by atoms with van der Waals surface area (Å²) in [4.78, 5) is 0. The van der Waals surface area contributed by atoms with Crippen LogP contribution in [-0.2, 0) is 0 Å². The fourth-order valence-corrected chi connectivity index (χ4v) is 3.40. The van der Waals surface area contributed by atoms with Gasteiger partial charge < -0.3 is 10.2 Å². The van der Waals surface area contributed by atoms with Crippen molar-refractivity contribution >= 4 is 0 Å². The molecule has 4 atom stereocenters. The molecule has 1 aliphatic rings. The van der Waals surface area contributed by atoms with Gasteiger partial charge in [0.15, 0.2) is 0 Å². The second-order valence-corrected chi connectivity index (χ2v) is 6.15. The Morgan fingerprint density at radius 2 is 1.71 bits per heavy atom. The molecule has 0 aliphatic heterocycles. The Morgan fingerprint density at radius 1 is 1.00 bits per heavy atom. The monoisotopic (exact) mass is 292 g/mol. The molecule has 1 saturated carbocycles. The van der Waals surface area contributed by atoms with E-state index in [-0.39, 0.29) is 25.0 Å². The van der Waals surface area contributed by atoms with E-state index in [0.29, 0.717) is 11.8 Å². The number of hydrogen-bond donors (Lipinski definition) is 2. The predicted molar refractivity (Wildman–Crippen MR) is 90.0 cm³/mol. The van der Waals surface area contributed by atoms with Gasteiger partial charge in [0.2, 0.25) is 0 Å². The maximum Gasteiger partial charge on any atom is 0.0468 e. The molecule has 0 radical (unpaired) electrons. The van der Waals surface area contributed by atoms with E-state index in [1.165, 1.54) is 25.7 Å². The smallest absolute Gasteiger partial charge is 0.0468 e. The predicted octanol–water partition coefficient (Wildman–Crippen LogP) is 4.11. The molecule has 0 aromatic carbocycles. The molecule has 0 bridgehead atoms. The third-order valence-corrected chi connectivity index (χ3v) is 4.75. The Hall–Kier alpha value is -0.860. The average molecular weight is 292 g/mol. The molecular formula is C19H32O2. The summed E-state index contributed by atoms with van der Waals surface area (Å²) in [5.74, 6) is 0.979. The highest BCUT2D eigenvalue weighted by Gasteiger charge is 2.39. The fourth-order valence-electron chi connectivity index (χ4n) is 3.40. The van der Waals surface area contributed by atoms with Gasteiger partial charge in [0, 0.05) is 13.2 Å². The normalized spacial score (nSPS) is 29.7. The van der Waals surface area contributed by atoms with Crippen LogP contribution in [0.15, 0.2) is 37.0 Å². The molecule has 1 rings (SSSR count). The van der Waals surface area contributed by atoms with Crippen LogP contribution in [0.1, 0.15) is 45.4 Å². The molecule has 21 heavy (non-hydrogen) atoms. The van der Waals surface area contributed by atoms with Crippen LogP contribution < -0.4 is 0 Å². The molecule has 0 aromatic heterocycles. The van der Waals surface area contributed by atoms with Gasteiger partial charge in [-0.05, 0) is 42.9 Å². The Bertz CT molecular complexity index is 332. The minimum absolute atomic E-state index is 0.138. The third kappa shape index (κ3) is 5.80. The zero-order valence-corrected chi connectivity index (χ0v) is 13.5. The minimum atomic E-state index is 0.138. The van der Waals surface area contributed by atoms with Crippen LogP contribution in [0, 0.1) is 23.7 Å². The summed E-state index contributed by atoms with van der Waals surface area (Å²) in [6.07, 6.45) is 17.9. The van der Waals surface area contributed by atoms with E-state index in [2.05, 4.69) is 37.8 Å². The fraction of sp³-hybridized carbons (Fsp3) is 0.684. The number of unbranched alkanes of at least 4 members (excludes halogenated alkanes) is 4. The minimum Gasteiger partial charge on any atom is -0.396 e. The number of rotatable bonds is 10. The van der Waals surface area contributed by atoms with Crippen molar-refractivity contribution < 1.29 is 10.2 Å². The second kappa shape index (κ2) is 10.8. The molecule has 2 heteroatoms. The standard InChI is InChI=1S/C19H32O2/c1-3-5-6-7-8-9-10-11-12-17-13-16(4-2)18(14-20)19(17)15-21/h4,9-12,16-21H,2-3,5-8,13-15H2,1H3. The Kier molecular flexibility index (Phi) is 9.36. The lowest BCUT2D eigenvalue weighted by Crippen LogP contribution is -2.23. The first-order valence-electron chi connectivity index (χ1n) is 8.46. The molecule has 2 N–H and O–H groups in total. The zero-order chi connectivity index (χ0) is 15.5. The molecular weight excluding hydrogens is 260 g/mol. The summed E-state index contributed by atoms with van der Waals surface area (Å²) in [6, 6.07) is 0. The Labute approximate surface area is 130 Å². The highest BCUT2D eigenvalue weighted by Crippen LogP contribution is 2.42. The third-order valence-electron chi connectivity index (χ3n) is 4.75. The number of allylic oxidation sites excluding steroid dienone is 5. The summed E-state index contributed by atoms with van der Waals surface area (Å²) in [5.41, 5.74) is 0. The number of hydrogen-bond acceptors (Lipinski definition) is 2. The van der Waals surface area contributed by atoms with E-state index in [4.69, 9.17) is 0 Å². The molecule has 0 aromatic rings. The van der Waals surface area contributed by atoms with Gasteiger partial charge >= 0.3 is 0 Å². The van der Waals surface area contributed by atoms with Gasteiger partial charge in [-0.2, -0.15) is 0 Å². The summed E-state index contributed by atoms with van der Waals surface area (Å²) in [5, 5.41) is 19.1. The first-order valence-corrected chi connectivity index (χ1v) is 8.46. The lowest BCUT2D eigenvalue weighted by atomic mass is 9.88. The van der Waals surface area contributed by atoms with Crippen molar-refractivity contribution in [1.29, 1.82) is 0 Å². The van der Waals surface area contributed by atoms with E-state index in [1.54, 1.807) is 0 Å². The molecule has 0 heterocycles. The van der Waals surface area contributed by atoms with E-state index in [9.17, 15) is 10.2 Å². The molecule has 2 nitrogen and oxygen atoms in total. The summed E-state index contributed by atoms with van der Waals surface area (Å²) < 4.78 is 0. The molecule has 0 saturated heterocycles. The first-order chi connectivity index (χ1) is 10.3. The lowest BCUT2D eigenvalue weighted by molar-refractivity contribution is 0.117. The van der Waals surface area contributed by atoms with Gasteiger partial charge in [-0.15, -0.1) is 6.58 Å². The van der Waals surface area contributed by atoms with Gasteiger partial charge in [-0.3, -0.25) is 0 Å². The van der Waals surface area contributed by atoms with E-state index in [1.807, 2.05) is 6.08 Å². The topological polar surface area (TPSA) is 40.5 Å². The molecule has 0 amide bonds. The van der Waals surface area contributed by atoms with Crippen molar-refractivity contribution in [2.24, 2.45) is 23.7 Å². The number of aliphatic hydroxyl groups excluding tert-OH is 2. The number of aliphatic hydroxyl groups is 2. The van der Waals surface area contributed by atoms with Crippen LogP contribution in [-0.4, -0.2) is 23.4 Å². The highest BCUT2D eigenvalue weighted by atomic mass is 16.3. The van der Waals surface area contributed by atoms with Crippen molar-refractivity contribution in [3.8, 4) is 0 Å². The SMILES string of the molecule is C=CC1CC(C=CC=CCCCCCC)C(CO)C1CO. The van der Waals surface area contributed by atoms with Crippen molar-refractivity contribution in [2.75, 3.05) is 13.2 Å². The molecule has 0 spiro atoms. The van der Waals surface area contributed by atoms with E-state index < -0.39 is 0 Å². The van der Waals surface area contributed by atoms with Crippen LogP contribution in [0.5, 0.6) is 0 Å². The van der Waals surface area contributed by atoms with E-state index >= 15 is 0 Å². The maximum atomic E-state index is 9.58. The van der Waals surface area contributed by atoms with Crippen LogP contribution in [0.4, 0.5) is 0 Å². The summed E-state index contributed by atoms with van der Waals surface area (Å²) in [6.45, 7) is 6.37. The van der Waals surface area contributed by atoms with Crippen molar-refractivity contribution in [1.82, 2.24) is 0 Å². The Balaban J connectivity index is 2.40. The Morgan fingerprint density at radius 3 is 2.33 bits per heavy atom. The largest absolute Gasteiger partial charge is 0.396 e. The van der Waals surface area contributed by atoms with Gasteiger partial charge in [0.1, 0.15) is 0 Å². The quantitative estimate of drug-likeness (QED) is 0.361. The molecule has 120 valence electrons. The zero-order valence-electron chi connectivity index (χ0n) is 13.5. The van der Waals surface area contributed by atoms with Gasteiger partial charge in [-0.1, -0.05) is 56.6 Å². The van der Waals surface area contributed by atoms with Gasteiger partial charge in [0.05, 0.1) is 0 Å². The molecule has 1 fully saturated rings. The maximum absolute atomic E-state index is 9.58. The van der Waals surface area contributed by atoms with Crippen LogP contribution >= 0.6 is 0 Å².